The molecule has 0 aromatic heterocycles. The van der Waals surface area contributed by atoms with E-state index in [9.17, 15) is 5.11 Å². The van der Waals surface area contributed by atoms with Crippen molar-refractivity contribution in [3.63, 3.8) is 0 Å². The van der Waals surface area contributed by atoms with Gasteiger partial charge in [-0.05, 0) is 43.4 Å². The molecule has 5 unspecified atom stereocenters. The van der Waals surface area contributed by atoms with Crippen LogP contribution in [0.15, 0.2) is 0 Å². The summed E-state index contributed by atoms with van der Waals surface area (Å²) in [6.45, 7) is 22.2. The molecule has 16 nitrogen and oxygen atoms in total. The van der Waals surface area contributed by atoms with E-state index in [1.54, 1.807) is 0 Å². The zero-order valence-electron chi connectivity index (χ0n) is 40.9. The van der Waals surface area contributed by atoms with Gasteiger partial charge in [0, 0.05) is 0 Å². The smallest absolute Gasteiger partial charge is 0.0860 e. The predicted octanol–water partition coefficient (Wildman–Crippen LogP) is 5.40. The van der Waals surface area contributed by atoms with Crippen LogP contribution < -0.4 is 0 Å². The van der Waals surface area contributed by atoms with Crippen molar-refractivity contribution < 1.29 is 76.5 Å². The standard InChI is InChI=1S/C48H96O16/c1-43(2)8-5-9-44(3)10-6-11-46-12-7-13-47(42-46)48(45(4)50)64-41-40-63-39-38-62-37-36-61-35-34-60-33-32-59-31-30-58-29-28-57-27-26-56-25-24-55-23-22-54-21-20-53-19-18-52-17-16-51-15-14-49/h43-50H,5-42H2,1-4H3. The Balaban J connectivity index is 1.76. The van der Waals surface area contributed by atoms with Crippen molar-refractivity contribution in [1.29, 1.82) is 0 Å². The maximum atomic E-state index is 10.5. The number of rotatable bonds is 52. The van der Waals surface area contributed by atoms with E-state index in [0.29, 0.717) is 184 Å². The van der Waals surface area contributed by atoms with Gasteiger partial charge in [0.1, 0.15) is 0 Å². The van der Waals surface area contributed by atoms with E-state index in [1.165, 1.54) is 57.8 Å². The van der Waals surface area contributed by atoms with Crippen LogP contribution in [0, 0.1) is 23.7 Å². The van der Waals surface area contributed by atoms with Crippen LogP contribution in [0.1, 0.15) is 91.9 Å². The first-order chi connectivity index (χ1) is 31.4. The van der Waals surface area contributed by atoms with Gasteiger partial charge in [-0.15, -0.1) is 0 Å². The van der Waals surface area contributed by atoms with Crippen molar-refractivity contribution >= 4 is 0 Å². The number of hydrogen-bond donors (Lipinski definition) is 2. The summed E-state index contributed by atoms with van der Waals surface area (Å²) in [7, 11) is 0. The van der Waals surface area contributed by atoms with Gasteiger partial charge in [-0.25, -0.2) is 0 Å². The first-order valence-corrected chi connectivity index (χ1v) is 24.8. The molecule has 1 aliphatic carbocycles. The van der Waals surface area contributed by atoms with E-state index >= 15 is 0 Å². The summed E-state index contributed by atoms with van der Waals surface area (Å²) in [5.41, 5.74) is 0. The zero-order valence-corrected chi connectivity index (χ0v) is 40.9. The van der Waals surface area contributed by atoms with E-state index in [2.05, 4.69) is 20.8 Å². The number of ether oxygens (including phenoxy) is 14. The highest BCUT2D eigenvalue weighted by Gasteiger charge is 2.31. The molecule has 0 spiro atoms. The Morgan fingerprint density at radius 1 is 0.406 bits per heavy atom. The molecule has 5 atom stereocenters. The van der Waals surface area contributed by atoms with Gasteiger partial charge in [-0.2, -0.15) is 0 Å². The molecule has 0 bridgehead atoms. The molecule has 1 rings (SSSR count). The molecule has 0 aliphatic heterocycles. The molecule has 0 amide bonds. The second kappa shape index (κ2) is 48.8. The Morgan fingerprint density at radius 3 is 1.06 bits per heavy atom. The Labute approximate surface area is 388 Å². The lowest BCUT2D eigenvalue weighted by Crippen LogP contribution is -2.38. The SMILES string of the molecule is CC(C)CCCC(C)CCCC1CCCC(C(OCCOCCOCCOCCOCCOCCOCCOCCOCCOCCOCCOCCOCCOCCO)C(C)O)C1. The Kier molecular flexibility index (Phi) is 46.8. The summed E-state index contributed by atoms with van der Waals surface area (Å²) < 4.78 is 77.5. The van der Waals surface area contributed by atoms with E-state index in [4.69, 9.17) is 71.4 Å². The molecule has 1 fully saturated rings. The molecule has 0 aromatic rings. The second-order valence-electron chi connectivity index (χ2n) is 16.9. The molecular weight excluding hydrogens is 833 g/mol. The third-order valence-electron chi connectivity index (χ3n) is 10.8. The molecule has 0 heterocycles. The summed E-state index contributed by atoms with van der Waals surface area (Å²) in [5.74, 6) is 2.82. The fourth-order valence-corrected chi connectivity index (χ4v) is 7.38. The van der Waals surface area contributed by atoms with Crippen molar-refractivity contribution in [2.45, 2.75) is 104 Å². The quantitative estimate of drug-likeness (QED) is 0.0744. The lowest BCUT2D eigenvalue weighted by atomic mass is 9.75. The average molecular weight is 929 g/mol. The van der Waals surface area contributed by atoms with Crippen molar-refractivity contribution in [3.05, 3.63) is 0 Å². The summed E-state index contributed by atoms with van der Waals surface area (Å²) in [6, 6.07) is 0. The molecule has 64 heavy (non-hydrogen) atoms. The molecule has 16 heteroatoms. The minimum atomic E-state index is -0.475. The van der Waals surface area contributed by atoms with Crippen molar-refractivity contribution in [2.75, 3.05) is 185 Å². The molecule has 0 saturated heterocycles. The minimum Gasteiger partial charge on any atom is -0.394 e. The van der Waals surface area contributed by atoms with Crippen molar-refractivity contribution in [2.24, 2.45) is 23.7 Å². The maximum absolute atomic E-state index is 10.5. The summed E-state index contributed by atoms with van der Waals surface area (Å²) >= 11 is 0. The van der Waals surface area contributed by atoms with Gasteiger partial charge >= 0.3 is 0 Å². The molecule has 0 aromatic carbocycles. The molecule has 1 saturated carbocycles. The summed E-state index contributed by atoms with van der Waals surface area (Å²) in [6.07, 6.45) is 12.3. The highest BCUT2D eigenvalue weighted by atomic mass is 16.6. The Bertz CT molecular complexity index is 906. The van der Waals surface area contributed by atoms with E-state index in [-0.39, 0.29) is 12.7 Å². The predicted molar refractivity (Wildman–Crippen MR) is 246 cm³/mol. The number of aliphatic hydroxyl groups is 2. The van der Waals surface area contributed by atoms with E-state index < -0.39 is 6.10 Å². The van der Waals surface area contributed by atoms with Crippen LogP contribution in [-0.4, -0.2) is 207 Å². The highest BCUT2D eigenvalue weighted by Crippen LogP contribution is 2.36. The molecule has 384 valence electrons. The molecule has 0 radical (unpaired) electrons. The summed E-state index contributed by atoms with van der Waals surface area (Å²) in [4.78, 5) is 0. The fourth-order valence-electron chi connectivity index (χ4n) is 7.38. The molecule has 1 aliphatic rings. The van der Waals surface area contributed by atoms with Crippen LogP contribution in [0.2, 0.25) is 0 Å². The van der Waals surface area contributed by atoms with Gasteiger partial charge in [0.15, 0.2) is 0 Å². The van der Waals surface area contributed by atoms with Gasteiger partial charge in [0.25, 0.3) is 0 Å². The van der Waals surface area contributed by atoms with Gasteiger partial charge < -0.3 is 76.5 Å². The number of hydrogen-bond acceptors (Lipinski definition) is 16. The fraction of sp³-hybridized carbons (Fsp3) is 1.00. The largest absolute Gasteiger partial charge is 0.394 e. The van der Waals surface area contributed by atoms with Gasteiger partial charge in [-0.3, -0.25) is 0 Å². The van der Waals surface area contributed by atoms with Crippen LogP contribution in [0.4, 0.5) is 0 Å². The van der Waals surface area contributed by atoms with Crippen LogP contribution >= 0.6 is 0 Å². The first-order valence-electron chi connectivity index (χ1n) is 24.8. The lowest BCUT2D eigenvalue weighted by Gasteiger charge is -2.36. The maximum Gasteiger partial charge on any atom is 0.0860 e. The molecule has 2 N–H and O–H groups in total. The average Bonchev–Trinajstić information content (AvgIpc) is 3.28. The molecular formula is C48H96O16. The minimum absolute atomic E-state index is 0.0223. The topological polar surface area (TPSA) is 170 Å². The van der Waals surface area contributed by atoms with Crippen molar-refractivity contribution in [1.82, 2.24) is 0 Å². The Morgan fingerprint density at radius 2 is 0.734 bits per heavy atom. The zero-order chi connectivity index (χ0) is 46.2. The third-order valence-corrected chi connectivity index (χ3v) is 10.8. The Hall–Kier alpha value is -0.640. The van der Waals surface area contributed by atoms with Gasteiger partial charge in [0.2, 0.25) is 0 Å². The summed E-state index contributed by atoms with van der Waals surface area (Å²) in [5, 5.41) is 19.1. The van der Waals surface area contributed by atoms with Crippen LogP contribution in [0.25, 0.3) is 0 Å². The normalized spacial score (nSPS) is 17.1. The monoisotopic (exact) mass is 929 g/mol. The lowest BCUT2D eigenvalue weighted by molar-refractivity contribution is -0.0902. The van der Waals surface area contributed by atoms with E-state index in [1.807, 2.05) is 6.92 Å². The number of aliphatic hydroxyl groups excluding tert-OH is 2. The first kappa shape index (κ1) is 61.4. The van der Waals surface area contributed by atoms with E-state index in [0.717, 1.165) is 24.2 Å². The van der Waals surface area contributed by atoms with Gasteiger partial charge in [0.05, 0.1) is 197 Å². The third kappa shape index (κ3) is 42.7. The highest BCUT2D eigenvalue weighted by molar-refractivity contribution is 4.82. The van der Waals surface area contributed by atoms with Crippen LogP contribution in [-0.2, 0) is 66.3 Å². The second-order valence-corrected chi connectivity index (χ2v) is 16.9. The van der Waals surface area contributed by atoms with Gasteiger partial charge in [-0.1, -0.05) is 72.1 Å². The van der Waals surface area contributed by atoms with Crippen LogP contribution in [0.3, 0.4) is 0 Å². The van der Waals surface area contributed by atoms with Crippen LogP contribution in [0.5, 0.6) is 0 Å². The van der Waals surface area contributed by atoms with Crippen molar-refractivity contribution in [3.8, 4) is 0 Å².